The van der Waals surface area contributed by atoms with Gasteiger partial charge in [0.05, 0.1) is 30.1 Å². The van der Waals surface area contributed by atoms with Crippen molar-refractivity contribution < 1.29 is 17.9 Å². The monoisotopic (exact) mass is 392 g/mol. The first-order valence-electron chi connectivity index (χ1n) is 8.66. The smallest absolute Gasteiger partial charge is 0.265 e. The van der Waals surface area contributed by atoms with Gasteiger partial charge in [-0.15, -0.1) is 0 Å². The van der Waals surface area contributed by atoms with Crippen molar-refractivity contribution in [2.24, 2.45) is 0 Å². The summed E-state index contributed by atoms with van der Waals surface area (Å²) in [5.41, 5.74) is 1.38. The van der Waals surface area contributed by atoms with Gasteiger partial charge in [0.2, 0.25) is 0 Å². The molecule has 1 amide bonds. The number of anilines is 1. The minimum atomic E-state index is -3.76. The lowest BCUT2D eigenvalue weighted by atomic mass is 10.0. The van der Waals surface area contributed by atoms with E-state index < -0.39 is 10.0 Å². The molecule has 1 saturated heterocycles. The van der Waals surface area contributed by atoms with E-state index in [9.17, 15) is 13.2 Å². The van der Waals surface area contributed by atoms with Gasteiger partial charge in [-0.2, -0.15) is 5.10 Å². The quantitative estimate of drug-likeness (QED) is 0.829. The van der Waals surface area contributed by atoms with Crippen molar-refractivity contribution >= 4 is 21.6 Å². The molecule has 1 aliphatic heterocycles. The highest BCUT2D eigenvalue weighted by Crippen LogP contribution is 2.24. The second-order valence-electron chi connectivity index (χ2n) is 7.27. The van der Waals surface area contributed by atoms with Crippen LogP contribution in [0.15, 0.2) is 29.2 Å². The Hall–Kier alpha value is -2.39. The Balaban J connectivity index is 1.79. The molecule has 3 rings (SSSR count). The second kappa shape index (κ2) is 6.97. The van der Waals surface area contributed by atoms with Gasteiger partial charge in [0.1, 0.15) is 4.90 Å². The van der Waals surface area contributed by atoms with Crippen LogP contribution in [0.5, 0.6) is 0 Å². The molecule has 146 valence electrons. The molecule has 0 spiro atoms. The van der Waals surface area contributed by atoms with Crippen LogP contribution in [-0.2, 0) is 14.8 Å². The lowest BCUT2D eigenvalue weighted by molar-refractivity contribution is -0.0370. The molecule has 1 aromatic carbocycles. The van der Waals surface area contributed by atoms with Gasteiger partial charge in [0, 0.05) is 17.8 Å². The number of carbonyl (C=O) groups is 1. The third-order valence-electron chi connectivity index (χ3n) is 4.60. The molecule has 1 aromatic heterocycles. The fourth-order valence-electron chi connectivity index (χ4n) is 3.21. The zero-order chi connectivity index (χ0) is 19.8. The molecule has 0 unspecified atom stereocenters. The molecular formula is C18H24N4O4S. The highest BCUT2D eigenvalue weighted by molar-refractivity contribution is 7.92. The molecule has 0 atom stereocenters. The maximum atomic E-state index is 12.8. The predicted molar refractivity (Wildman–Crippen MR) is 101 cm³/mol. The molecule has 2 aromatic rings. The first-order valence-corrected chi connectivity index (χ1v) is 10.1. The molecule has 0 radical (unpaired) electrons. The van der Waals surface area contributed by atoms with Crippen molar-refractivity contribution in [2.75, 3.05) is 24.5 Å². The average molecular weight is 392 g/mol. The van der Waals surface area contributed by atoms with Crippen molar-refractivity contribution in [1.29, 1.82) is 0 Å². The SMILES string of the molecule is Cc1n[nH]c(C)c1S(=O)(=O)Nc1ccc(C(=O)N2CCOCC2(C)C)cc1. The van der Waals surface area contributed by atoms with Gasteiger partial charge >= 0.3 is 0 Å². The molecule has 27 heavy (non-hydrogen) atoms. The number of aromatic amines is 1. The van der Waals surface area contributed by atoms with Crippen molar-refractivity contribution in [3.8, 4) is 0 Å². The number of nitrogens with one attached hydrogen (secondary N) is 2. The molecule has 9 heteroatoms. The van der Waals surface area contributed by atoms with Gasteiger partial charge in [-0.1, -0.05) is 0 Å². The summed E-state index contributed by atoms with van der Waals surface area (Å²) in [4.78, 5) is 14.7. The van der Waals surface area contributed by atoms with E-state index in [1.54, 1.807) is 43.0 Å². The van der Waals surface area contributed by atoms with E-state index in [0.717, 1.165) is 0 Å². The Labute approximate surface area is 159 Å². The van der Waals surface area contributed by atoms with Crippen LogP contribution >= 0.6 is 0 Å². The predicted octanol–water partition coefficient (Wildman–Crippen LogP) is 2.08. The summed E-state index contributed by atoms with van der Waals surface area (Å²) >= 11 is 0. The number of carbonyl (C=O) groups excluding carboxylic acids is 1. The Kier molecular flexibility index (Phi) is 5.00. The van der Waals surface area contributed by atoms with Gasteiger partial charge in [-0.05, 0) is 52.0 Å². The number of ether oxygens (including phenoxy) is 1. The number of nitrogens with zero attached hydrogens (tertiary/aromatic N) is 2. The summed E-state index contributed by atoms with van der Waals surface area (Å²) in [6.45, 7) is 8.73. The molecule has 2 N–H and O–H groups in total. The van der Waals surface area contributed by atoms with Crippen molar-refractivity contribution in [3.63, 3.8) is 0 Å². The van der Waals surface area contributed by atoms with Crippen molar-refractivity contribution in [2.45, 2.75) is 38.1 Å². The van der Waals surface area contributed by atoms with E-state index in [4.69, 9.17) is 4.74 Å². The summed E-state index contributed by atoms with van der Waals surface area (Å²) in [6, 6.07) is 6.42. The fourth-order valence-corrected chi connectivity index (χ4v) is 4.65. The van der Waals surface area contributed by atoms with Gasteiger partial charge < -0.3 is 9.64 Å². The van der Waals surface area contributed by atoms with E-state index >= 15 is 0 Å². The molecule has 1 fully saturated rings. The van der Waals surface area contributed by atoms with E-state index in [0.29, 0.717) is 42.4 Å². The van der Waals surface area contributed by atoms with Crippen LogP contribution in [0.2, 0.25) is 0 Å². The Morgan fingerprint density at radius 1 is 1.26 bits per heavy atom. The summed E-state index contributed by atoms with van der Waals surface area (Å²) in [5, 5.41) is 6.59. The molecule has 0 saturated carbocycles. The van der Waals surface area contributed by atoms with Crippen molar-refractivity contribution in [3.05, 3.63) is 41.2 Å². The molecular weight excluding hydrogens is 368 g/mol. The van der Waals surface area contributed by atoms with Crippen LogP contribution in [0.3, 0.4) is 0 Å². The maximum absolute atomic E-state index is 12.8. The number of sulfonamides is 1. The van der Waals surface area contributed by atoms with Crippen LogP contribution in [0.25, 0.3) is 0 Å². The highest BCUT2D eigenvalue weighted by atomic mass is 32.2. The number of hydrogen-bond acceptors (Lipinski definition) is 5. The second-order valence-corrected chi connectivity index (χ2v) is 8.89. The number of morpholine rings is 1. The molecule has 2 heterocycles. The van der Waals surface area contributed by atoms with Crippen LogP contribution in [0, 0.1) is 13.8 Å². The van der Waals surface area contributed by atoms with Crippen LogP contribution < -0.4 is 4.72 Å². The van der Waals surface area contributed by atoms with Crippen LogP contribution in [0.1, 0.15) is 35.6 Å². The Bertz CT molecular complexity index is 929. The summed E-state index contributed by atoms with van der Waals surface area (Å²) in [5.74, 6) is -0.0979. The number of aromatic nitrogens is 2. The fraction of sp³-hybridized carbons (Fsp3) is 0.444. The standard InChI is InChI=1S/C18H24N4O4S/c1-12-16(13(2)20-19-12)27(24,25)21-15-7-5-14(6-8-15)17(23)22-9-10-26-11-18(22,3)4/h5-8,21H,9-11H2,1-4H3,(H,19,20). The summed E-state index contributed by atoms with van der Waals surface area (Å²) in [6.07, 6.45) is 0. The minimum Gasteiger partial charge on any atom is -0.377 e. The first kappa shape index (κ1) is 19.4. The van der Waals surface area contributed by atoms with E-state index in [1.165, 1.54) is 0 Å². The van der Waals surface area contributed by atoms with Gasteiger partial charge in [-0.25, -0.2) is 8.42 Å². The normalized spacial score (nSPS) is 17.0. The van der Waals surface area contributed by atoms with E-state index in [1.807, 2.05) is 13.8 Å². The third kappa shape index (κ3) is 3.84. The number of H-pyrrole nitrogens is 1. The molecule has 8 nitrogen and oxygen atoms in total. The Morgan fingerprint density at radius 3 is 2.48 bits per heavy atom. The highest BCUT2D eigenvalue weighted by Gasteiger charge is 2.34. The molecule has 0 bridgehead atoms. The number of rotatable bonds is 4. The molecule has 1 aliphatic rings. The number of amides is 1. The number of benzene rings is 1. The Morgan fingerprint density at radius 2 is 1.93 bits per heavy atom. The summed E-state index contributed by atoms with van der Waals surface area (Å²) < 4.78 is 33.2. The van der Waals surface area contributed by atoms with Crippen LogP contribution in [-0.4, -0.2) is 54.7 Å². The van der Waals surface area contributed by atoms with Crippen LogP contribution in [0.4, 0.5) is 5.69 Å². The maximum Gasteiger partial charge on any atom is 0.265 e. The zero-order valence-electron chi connectivity index (χ0n) is 15.9. The topological polar surface area (TPSA) is 104 Å². The van der Waals surface area contributed by atoms with Gasteiger partial charge in [-0.3, -0.25) is 14.6 Å². The summed E-state index contributed by atoms with van der Waals surface area (Å²) in [7, 11) is -3.76. The van der Waals surface area contributed by atoms with Gasteiger partial charge in [0.15, 0.2) is 0 Å². The van der Waals surface area contributed by atoms with E-state index in [-0.39, 0.29) is 16.3 Å². The third-order valence-corrected chi connectivity index (χ3v) is 6.25. The molecule has 0 aliphatic carbocycles. The van der Waals surface area contributed by atoms with Gasteiger partial charge in [0.25, 0.3) is 15.9 Å². The number of aryl methyl sites for hydroxylation is 2. The van der Waals surface area contributed by atoms with Crippen molar-refractivity contribution in [1.82, 2.24) is 15.1 Å². The number of hydrogen-bond donors (Lipinski definition) is 2. The minimum absolute atomic E-state index is 0.0979. The first-order chi connectivity index (χ1) is 12.6. The zero-order valence-corrected chi connectivity index (χ0v) is 16.7. The lowest BCUT2D eigenvalue weighted by Crippen LogP contribution is -2.55. The lowest BCUT2D eigenvalue weighted by Gasteiger charge is -2.42. The largest absolute Gasteiger partial charge is 0.377 e. The average Bonchev–Trinajstić information content (AvgIpc) is 2.93. The van der Waals surface area contributed by atoms with E-state index in [2.05, 4.69) is 14.9 Å².